The zero-order valence-electron chi connectivity index (χ0n) is 15.6. The van der Waals surface area contributed by atoms with Crippen molar-refractivity contribution in [2.75, 3.05) is 26.2 Å². The van der Waals surface area contributed by atoms with Gasteiger partial charge in [-0.2, -0.15) is 4.98 Å². The molecule has 0 spiro atoms. The fourth-order valence-corrected chi connectivity index (χ4v) is 4.30. The van der Waals surface area contributed by atoms with Crippen molar-refractivity contribution >= 4 is 38.7 Å². The van der Waals surface area contributed by atoms with Crippen molar-refractivity contribution < 1.29 is 13.9 Å². The predicted octanol–water partition coefficient (Wildman–Crippen LogP) is 3.43. The number of amides is 2. The van der Waals surface area contributed by atoms with E-state index in [1.807, 2.05) is 30.3 Å². The molecular weight excluding hydrogens is 390 g/mol. The Kier molecular flexibility index (Phi) is 4.53. The largest absolute Gasteiger partial charge is 0.464 e. The van der Waals surface area contributed by atoms with Crippen LogP contribution in [0.2, 0.25) is 0 Å². The first kappa shape index (κ1) is 17.9. The van der Waals surface area contributed by atoms with Gasteiger partial charge in [0, 0.05) is 55.9 Å². The maximum absolute atomic E-state index is 11.3. The number of carbonyl (C=O) groups is 1. The SMILES string of the molecule is NC(=O)N1CCN(Cc2coc3cc(Oc4nc5ncccc5s4)ccc23)CC1. The lowest BCUT2D eigenvalue weighted by atomic mass is 10.1. The number of carbonyl (C=O) groups excluding carboxylic acids is 1. The average Bonchev–Trinajstić information content (AvgIpc) is 3.31. The molecule has 1 saturated heterocycles. The van der Waals surface area contributed by atoms with Gasteiger partial charge in [-0.05, 0) is 24.3 Å². The molecule has 148 valence electrons. The molecule has 0 aliphatic carbocycles. The second kappa shape index (κ2) is 7.34. The van der Waals surface area contributed by atoms with E-state index in [9.17, 15) is 4.79 Å². The third-order valence-electron chi connectivity index (χ3n) is 5.06. The summed E-state index contributed by atoms with van der Waals surface area (Å²) in [4.78, 5) is 23.9. The standard InChI is InChI=1S/C20H19N5O3S/c21-19(26)25-8-6-24(7-9-25)11-13-12-27-16-10-14(3-4-15(13)16)28-20-23-18-17(29-20)2-1-5-22-18/h1-5,10,12H,6-9,11H2,(H2,21,26). The molecule has 1 fully saturated rings. The summed E-state index contributed by atoms with van der Waals surface area (Å²) < 4.78 is 12.7. The van der Waals surface area contributed by atoms with Crippen molar-refractivity contribution in [1.82, 2.24) is 19.8 Å². The number of urea groups is 1. The third-order valence-corrected chi connectivity index (χ3v) is 5.94. The second-order valence-corrected chi connectivity index (χ2v) is 7.92. The molecule has 9 heteroatoms. The average molecular weight is 409 g/mol. The first-order valence-corrected chi connectivity index (χ1v) is 10.1. The molecule has 1 aliphatic heterocycles. The molecule has 0 unspecified atom stereocenters. The number of hydrogen-bond donors (Lipinski definition) is 1. The molecule has 0 bridgehead atoms. The number of hydrogen-bond acceptors (Lipinski definition) is 7. The number of nitrogens with two attached hydrogens (primary N) is 1. The van der Waals surface area contributed by atoms with E-state index in [0.717, 1.165) is 40.9 Å². The van der Waals surface area contributed by atoms with Gasteiger partial charge in [0.2, 0.25) is 0 Å². The minimum Gasteiger partial charge on any atom is -0.464 e. The van der Waals surface area contributed by atoms with Gasteiger partial charge in [0.05, 0.1) is 11.0 Å². The smallest absolute Gasteiger partial charge is 0.314 e. The zero-order valence-corrected chi connectivity index (χ0v) is 16.4. The molecule has 0 atom stereocenters. The molecule has 0 saturated carbocycles. The van der Waals surface area contributed by atoms with Gasteiger partial charge < -0.3 is 19.8 Å². The quantitative estimate of drug-likeness (QED) is 0.555. The van der Waals surface area contributed by atoms with Crippen LogP contribution in [-0.4, -0.2) is 52.0 Å². The Hall–Kier alpha value is -3.17. The molecule has 0 radical (unpaired) electrons. The molecule has 4 heterocycles. The zero-order chi connectivity index (χ0) is 19.8. The number of benzene rings is 1. The molecule has 5 rings (SSSR count). The fraction of sp³-hybridized carbons (Fsp3) is 0.250. The van der Waals surface area contributed by atoms with Gasteiger partial charge in [-0.25, -0.2) is 9.78 Å². The van der Waals surface area contributed by atoms with E-state index in [1.165, 1.54) is 11.3 Å². The first-order chi connectivity index (χ1) is 14.2. The van der Waals surface area contributed by atoms with Crippen molar-refractivity contribution in [3.05, 3.63) is 48.4 Å². The maximum Gasteiger partial charge on any atom is 0.314 e. The Labute approximate surface area is 170 Å². The topological polar surface area (TPSA) is 97.7 Å². The fourth-order valence-electron chi connectivity index (χ4n) is 3.51. The van der Waals surface area contributed by atoms with Gasteiger partial charge in [-0.1, -0.05) is 11.3 Å². The number of furan rings is 1. The summed E-state index contributed by atoms with van der Waals surface area (Å²) in [6, 6.07) is 9.31. The second-order valence-electron chi connectivity index (χ2n) is 6.93. The normalized spacial score (nSPS) is 15.2. The van der Waals surface area contributed by atoms with E-state index in [4.69, 9.17) is 14.9 Å². The van der Waals surface area contributed by atoms with Gasteiger partial charge in [0.25, 0.3) is 5.19 Å². The van der Waals surface area contributed by atoms with Crippen LogP contribution in [-0.2, 0) is 6.54 Å². The number of fused-ring (bicyclic) bond motifs is 2. The Balaban J connectivity index is 1.30. The van der Waals surface area contributed by atoms with Crippen molar-refractivity contribution in [3.63, 3.8) is 0 Å². The highest BCUT2D eigenvalue weighted by Gasteiger charge is 2.20. The molecular formula is C20H19N5O3S. The Morgan fingerprint density at radius 2 is 2.10 bits per heavy atom. The van der Waals surface area contributed by atoms with Gasteiger partial charge in [0.1, 0.15) is 11.3 Å². The van der Waals surface area contributed by atoms with Gasteiger partial charge >= 0.3 is 6.03 Å². The number of thiazole rings is 1. The van der Waals surface area contributed by atoms with Crippen LogP contribution in [0.1, 0.15) is 5.56 Å². The van der Waals surface area contributed by atoms with Crippen LogP contribution in [0.4, 0.5) is 4.79 Å². The molecule has 1 aliphatic rings. The van der Waals surface area contributed by atoms with Crippen LogP contribution in [0.5, 0.6) is 10.9 Å². The molecule has 8 nitrogen and oxygen atoms in total. The van der Waals surface area contributed by atoms with E-state index < -0.39 is 0 Å². The summed E-state index contributed by atoms with van der Waals surface area (Å²) in [6.45, 7) is 3.66. The van der Waals surface area contributed by atoms with E-state index in [2.05, 4.69) is 14.9 Å². The Bertz CT molecular complexity index is 1150. The van der Waals surface area contributed by atoms with Crippen LogP contribution in [0.15, 0.2) is 47.2 Å². The molecule has 3 aromatic heterocycles. The number of piperazine rings is 1. The number of primary amides is 1. The predicted molar refractivity (Wildman–Crippen MR) is 110 cm³/mol. The summed E-state index contributed by atoms with van der Waals surface area (Å²) in [5.41, 5.74) is 7.92. The number of aromatic nitrogens is 2. The van der Waals surface area contributed by atoms with E-state index in [-0.39, 0.29) is 6.03 Å². The van der Waals surface area contributed by atoms with E-state index in [0.29, 0.717) is 29.7 Å². The highest BCUT2D eigenvalue weighted by atomic mass is 32.1. The summed E-state index contributed by atoms with van der Waals surface area (Å²) in [5.74, 6) is 0.674. The summed E-state index contributed by atoms with van der Waals surface area (Å²) in [5, 5.41) is 1.61. The molecule has 2 amide bonds. The number of pyridine rings is 1. The van der Waals surface area contributed by atoms with E-state index in [1.54, 1.807) is 17.4 Å². The lowest BCUT2D eigenvalue weighted by Gasteiger charge is -2.33. The summed E-state index contributed by atoms with van der Waals surface area (Å²) in [7, 11) is 0. The van der Waals surface area contributed by atoms with Crippen LogP contribution in [0, 0.1) is 0 Å². The summed E-state index contributed by atoms with van der Waals surface area (Å²) >= 11 is 1.46. The minimum absolute atomic E-state index is 0.352. The molecule has 4 aromatic rings. The van der Waals surface area contributed by atoms with Crippen LogP contribution >= 0.6 is 11.3 Å². The summed E-state index contributed by atoms with van der Waals surface area (Å²) in [6.07, 6.45) is 3.51. The number of nitrogens with zero attached hydrogens (tertiary/aromatic N) is 4. The Morgan fingerprint density at radius 3 is 2.90 bits per heavy atom. The van der Waals surface area contributed by atoms with Crippen molar-refractivity contribution in [1.29, 1.82) is 0 Å². The maximum atomic E-state index is 11.3. The highest BCUT2D eigenvalue weighted by Crippen LogP contribution is 2.33. The van der Waals surface area contributed by atoms with Crippen LogP contribution in [0.3, 0.4) is 0 Å². The highest BCUT2D eigenvalue weighted by molar-refractivity contribution is 7.20. The molecule has 2 N–H and O–H groups in total. The molecule has 1 aromatic carbocycles. The molecule has 29 heavy (non-hydrogen) atoms. The lowest BCUT2D eigenvalue weighted by Crippen LogP contribution is -2.50. The lowest BCUT2D eigenvalue weighted by molar-refractivity contribution is 0.140. The number of rotatable bonds is 4. The first-order valence-electron chi connectivity index (χ1n) is 9.32. The van der Waals surface area contributed by atoms with E-state index >= 15 is 0 Å². The van der Waals surface area contributed by atoms with Crippen LogP contribution < -0.4 is 10.5 Å². The van der Waals surface area contributed by atoms with Gasteiger partial charge in [-0.3, -0.25) is 4.90 Å². The van der Waals surface area contributed by atoms with Crippen molar-refractivity contribution in [3.8, 4) is 10.9 Å². The minimum atomic E-state index is -0.352. The van der Waals surface area contributed by atoms with Crippen molar-refractivity contribution in [2.24, 2.45) is 5.73 Å². The van der Waals surface area contributed by atoms with Gasteiger partial charge in [-0.15, -0.1) is 0 Å². The number of ether oxygens (including phenoxy) is 1. The van der Waals surface area contributed by atoms with Crippen LogP contribution in [0.25, 0.3) is 21.3 Å². The Morgan fingerprint density at radius 1 is 1.24 bits per heavy atom. The third kappa shape index (κ3) is 3.62. The monoisotopic (exact) mass is 409 g/mol. The van der Waals surface area contributed by atoms with Gasteiger partial charge in [0.15, 0.2) is 5.65 Å². The van der Waals surface area contributed by atoms with Crippen molar-refractivity contribution in [2.45, 2.75) is 6.54 Å².